The lowest BCUT2D eigenvalue weighted by Gasteiger charge is -2.06. The van der Waals surface area contributed by atoms with Crippen LogP contribution in [0, 0.1) is 5.82 Å². The van der Waals surface area contributed by atoms with Crippen LogP contribution in [0.5, 0.6) is 0 Å². The number of halogens is 3. The van der Waals surface area contributed by atoms with Crippen LogP contribution in [0.2, 0.25) is 0 Å². The van der Waals surface area contributed by atoms with Gasteiger partial charge < -0.3 is 5.32 Å². The van der Waals surface area contributed by atoms with Crippen molar-refractivity contribution in [1.82, 2.24) is 4.98 Å². The molecule has 0 unspecified atom stereocenters. The number of pyridine rings is 1. The van der Waals surface area contributed by atoms with Crippen LogP contribution in [0.4, 0.5) is 10.1 Å². The van der Waals surface area contributed by atoms with Crippen molar-refractivity contribution in [2.75, 3.05) is 5.32 Å². The van der Waals surface area contributed by atoms with Crippen LogP contribution in [-0.2, 0) is 0 Å². The van der Waals surface area contributed by atoms with E-state index in [0.29, 0.717) is 14.6 Å². The summed E-state index contributed by atoms with van der Waals surface area (Å²) in [5.74, 6) is -0.836. The second-order valence-corrected chi connectivity index (χ2v) is 5.13. The molecule has 1 aromatic carbocycles. The van der Waals surface area contributed by atoms with E-state index < -0.39 is 11.7 Å². The first-order valence-electron chi connectivity index (χ1n) is 4.95. The number of carbonyl (C=O) groups excluding carboxylic acids is 1. The molecule has 2 rings (SSSR count). The van der Waals surface area contributed by atoms with E-state index in [-0.39, 0.29) is 5.69 Å². The highest BCUT2D eigenvalue weighted by atomic mass is 79.9. The first-order chi connectivity index (χ1) is 8.58. The fourth-order valence-electron chi connectivity index (χ4n) is 1.32. The molecule has 0 radical (unpaired) electrons. The predicted octanol–water partition coefficient (Wildman–Crippen LogP) is 4.00. The van der Waals surface area contributed by atoms with Gasteiger partial charge in [0.15, 0.2) is 0 Å². The molecule has 1 heterocycles. The van der Waals surface area contributed by atoms with Crippen LogP contribution in [0.15, 0.2) is 45.5 Å². The van der Waals surface area contributed by atoms with Crippen LogP contribution in [0.25, 0.3) is 0 Å². The van der Waals surface area contributed by atoms with E-state index in [2.05, 4.69) is 42.2 Å². The maximum absolute atomic E-state index is 13.3. The summed E-state index contributed by atoms with van der Waals surface area (Å²) in [6.45, 7) is 0. The Morgan fingerprint density at radius 1 is 1.22 bits per heavy atom. The van der Waals surface area contributed by atoms with E-state index in [1.807, 2.05) is 0 Å². The number of benzene rings is 1. The van der Waals surface area contributed by atoms with E-state index >= 15 is 0 Å². The minimum atomic E-state index is -0.437. The number of nitrogens with one attached hydrogen (secondary N) is 1. The summed E-state index contributed by atoms with van der Waals surface area (Å²) < 4.78 is 14.2. The fourth-order valence-corrected chi connectivity index (χ4v) is 2.00. The van der Waals surface area contributed by atoms with E-state index in [4.69, 9.17) is 0 Å². The Kier molecular flexibility index (Phi) is 4.08. The van der Waals surface area contributed by atoms with Gasteiger partial charge in [-0.1, -0.05) is 0 Å². The minimum Gasteiger partial charge on any atom is -0.321 e. The second kappa shape index (κ2) is 5.58. The van der Waals surface area contributed by atoms with Gasteiger partial charge in [-0.3, -0.25) is 4.79 Å². The summed E-state index contributed by atoms with van der Waals surface area (Å²) in [7, 11) is 0. The highest BCUT2D eigenvalue weighted by molar-refractivity contribution is 9.10. The molecule has 92 valence electrons. The van der Waals surface area contributed by atoms with Gasteiger partial charge in [0.2, 0.25) is 0 Å². The third-order valence-corrected chi connectivity index (χ3v) is 3.43. The Hall–Kier alpha value is -1.27. The van der Waals surface area contributed by atoms with Gasteiger partial charge in [-0.25, -0.2) is 9.37 Å². The molecule has 0 fully saturated rings. The quantitative estimate of drug-likeness (QED) is 0.864. The average Bonchev–Trinajstić information content (AvgIpc) is 2.34. The van der Waals surface area contributed by atoms with Gasteiger partial charge in [-0.2, -0.15) is 0 Å². The molecule has 0 saturated carbocycles. The van der Waals surface area contributed by atoms with Crippen molar-refractivity contribution in [1.29, 1.82) is 0 Å². The minimum absolute atomic E-state index is 0.251. The molecular formula is C12H7Br2FN2O. The number of amides is 1. The Morgan fingerprint density at radius 3 is 2.67 bits per heavy atom. The van der Waals surface area contributed by atoms with Crippen molar-refractivity contribution in [3.63, 3.8) is 0 Å². The van der Waals surface area contributed by atoms with Crippen molar-refractivity contribution in [2.45, 2.75) is 0 Å². The normalized spacial score (nSPS) is 10.2. The third-order valence-electron chi connectivity index (χ3n) is 2.15. The summed E-state index contributed by atoms with van der Waals surface area (Å²) in [6.07, 6.45) is 1.52. The molecule has 0 aliphatic rings. The maximum Gasteiger partial charge on any atom is 0.275 e. The van der Waals surface area contributed by atoms with Crippen LogP contribution < -0.4 is 5.32 Å². The Bertz CT molecular complexity index is 604. The van der Waals surface area contributed by atoms with Gasteiger partial charge in [0, 0.05) is 16.4 Å². The monoisotopic (exact) mass is 372 g/mol. The molecule has 1 N–H and O–H groups in total. The molecule has 2 aromatic rings. The second-order valence-electron chi connectivity index (χ2n) is 3.42. The van der Waals surface area contributed by atoms with Crippen LogP contribution in [0.3, 0.4) is 0 Å². The lowest BCUT2D eigenvalue weighted by Crippen LogP contribution is -2.14. The lowest BCUT2D eigenvalue weighted by molar-refractivity contribution is 0.102. The van der Waals surface area contributed by atoms with Crippen LogP contribution in [0.1, 0.15) is 10.5 Å². The van der Waals surface area contributed by atoms with Crippen LogP contribution in [-0.4, -0.2) is 10.9 Å². The van der Waals surface area contributed by atoms with Gasteiger partial charge in [0.1, 0.15) is 11.5 Å². The van der Waals surface area contributed by atoms with E-state index in [1.54, 1.807) is 18.2 Å². The largest absolute Gasteiger partial charge is 0.321 e. The number of aromatic nitrogens is 1. The van der Waals surface area contributed by atoms with E-state index in [9.17, 15) is 9.18 Å². The van der Waals surface area contributed by atoms with E-state index in [1.165, 1.54) is 18.3 Å². The van der Waals surface area contributed by atoms with Gasteiger partial charge >= 0.3 is 0 Å². The third kappa shape index (κ3) is 2.94. The Morgan fingerprint density at radius 2 is 2.00 bits per heavy atom. The number of rotatable bonds is 2. The predicted molar refractivity (Wildman–Crippen MR) is 74.0 cm³/mol. The number of anilines is 1. The number of nitrogens with zero attached hydrogens (tertiary/aromatic N) is 1. The molecule has 1 amide bonds. The lowest BCUT2D eigenvalue weighted by atomic mass is 10.3. The molecule has 6 heteroatoms. The summed E-state index contributed by atoms with van der Waals surface area (Å²) in [4.78, 5) is 15.8. The summed E-state index contributed by atoms with van der Waals surface area (Å²) in [6, 6.07) is 7.78. The van der Waals surface area contributed by atoms with Crippen molar-refractivity contribution in [3.8, 4) is 0 Å². The zero-order chi connectivity index (χ0) is 13.1. The molecule has 0 saturated heterocycles. The van der Waals surface area contributed by atoms with E-state index in [0.717, 1.165) is 0 Å². The standard InChI is InChI=1S/C12H7Br2FN2O/c13-8-4-3-7(6-10(8)15)17-12(18)11-9(14)2-1-5-16-11/h1-6H,(H,17,18). The zero-order valence-corrected chi connectivity index (χ0v) is 12.1. The number of carbonyl (C=O) groups is 1. The molecule has 0 spiro atoms. The first kappa shape index (κ1) is 13.2. The topological polar surface area (TPSA) is 42.0 Å². The number of hydrogen-bond acceptors (Lipinski definition) is 2. The molecule has 3 nitrogen and oxygen atoms in total. The smallest absolute Gasteiger partial charge is 0.275 e. The summed E-state index contributed by atoms with van der Waals surface area (Å²) >= 11 is 6.28. The highest BCUT2D eigenvalue weighted by Crippen LogP contribution is 2.20. The van der Waals surface area contributed by atoms with Crippen molar-refractivity contribution < 1.29 is 9.18 Å². The summed E-state index contributed by atoms with van der Waals surface area (Å²) in [5.41, 5.74) is 0.624. The average molecular weight is 374 g/mol. The Balaban J connectivity index is 2.22. The van der Waals surface area contributed by atoms with Crippen molar-refractivity contribution >= 4 is 43.5 Å². The van der Waals surface area contributed by atoms with Crippen LogP contribution >= 0.6 is 31.9 Å². The molecule has 0 bridgehead atoms. The first-order valence-corrected chi connectivity index (χ1v) is 6.53. The molecule has 0 atom stereocenters. The van der Waals surface area contributed by atoms with Crippen molar-refractivity contribution in [2.24, 2.45) is 0 Å². The van der Waals surface area contributed by atoms with Gasteiger partial charge in [-0.15, -0.1) is 0 Å². The molecule has 18 heavy (non-hydrogen) atoms. The molecule has 1 aromatic heterocycles. The fraction of sp³-hybridized carbons (Fsp3) is 0. The highest BCUT2D eigenvalue weighted by Gasteiger charge is 2.11. The van der Waals surface area contributed by atoms with Gasteiger partial charge in [0.05, 0.1) is 4.47 Å². The SMILES string of the molecule is O=C(Nc1ccc(Br)c(F)c1)c1ncccc1Br. The van der Waals surface area contributed by atoms with Gasteiger partial charge in [0.25, 0.3) is 5.91 Å². The molecular weight excluding hydrogens is 367 g/mol. The number of hydrogen-bond donors (Lipinski definition) is 1. The van der Waals surface area contributed by atoms with Crippen molar-refractivity contribution in [3.05, 3.63) is 57.0 Å². The zero-order valence-electron chi connectivity index (χ0n) is 8.95. The van der Waals surface area contributed by atoms with Gasteiger partial charge in [-0.05, 0) is 62.2 Å². The molecule has 0 aliphatic carbocycles. The molecule has 0 aliphatic heterocycles. The Labute approximate surface area is 120 Å². The summed E-state index contributed by atoms with van der Waals surface area (Å²) in [5, 5.41) is 2.57. The maximum atomic E-state index is 13.3.